The second-order valence-electron chi connectivity index (χ2n) is 4.04. The SMILES string of the molecule is Cc1ccc(C#N)c(SC(C(=O)O)C(C)C)n1. The van der Waals surface area contributed by atoms with Gasteiger partial charge in [0.2, 0.25) is 0 Å². The van der Waals surface area contributed by atoms with E-state index in [1.807, 2.05) is 26.8 Å². The normalized spacial score (nSPS) is 12.2. The fraction of sp³-hybridized carbons (Fsp3) is 0.417. The summed E-state index contributed by atoms with van der Waals surface area (Å²) in [4.78, 5) is 15.3. The molecule has 0 saturated carbocycles. The maximum atomic E-state index is 11.1. The van der Waals surface area contributed by atoms with Crippen LogP contribution in [0.4, 0.5) is 0 Å². The predicted molar refractivity (Wildman–Crippen MR) is 65.8 cm³/mol. The molecule has 1 atom stereocenters. The van der Waals surface area contributed by atoms with Crippen LogP contribution in [0.5, 0.6) is 0 Å². The summed E-state index contributed by atoms with van der Waals surface area (Å²) in [6.45, 7) is 5.50. The Balaban J connectivity index is 3.05. The van der Waals surface area contributed by atoms with E-state index in [-0.39, 0.29) is 5.92 Å². The average molecular weight is 250 g/mol. The maximum absolute atomic E-state index is 11.1. The lowest BCUT2D eigenvalue weighted by Gasteiger charge is -2.15. The first kappa shape index (κ1) is 13.5. The third-order valence-electron chi connectivity index (χ3n) is 2.21. The third kappa shape index (κ3) is 3.46. The van der Waals surface area contributed by atoms with Crippen LogP contribution in [0.25, 0.3) is 0 Å². The molecule has 0 aliphatic rings. The zero-order valence-corrected chi connectivity index (χ0v) is 10.8. The van der Waals surface area contributed by atoms with Crippen LogP contribution in [0.3, 0.4) is 0 Å². The molecule has 1 heterocycles. The number of aliphatic carboxylic acids is 1. The number of carbonyl (C=O) groups is 1. The van der Waals surface area contributed by atoms with Gasteiger partial charge in [-0.25, -0.2) is 4.98 Å². The van der Waals surface area contributed by atoms with Crippen molar-refractivity contribution in [3.05, 3.63) is 23.4 Å². The number of hydrogen-bond acceptors (Lipinski definition) is 4. The summed E-state index contributed by atoms with van der Waals surface area (Å²) in [6, 6.07) is 5.44. The van der Waals surface area contributed by atoms with Crippen LogP contribution in [0.2, 0.25) is 0 Å². The highest BCUT2D eigenvalue weighted by molar-refractivity contribution is 8.00. The number of carboxylic acid groups (broad SMARTS) is 1. The molecule has 4 nitrogen and oxygen atoms in total. The summed E-state index contributed by atoms with van der Waals surface area (Å²) in [6.07, 6.45) is 0. The van der Waals surface area contributed by atoms with Crippen LogP contribution in [0.1, 0.15) is 25.1 Å². The van der Waals surface area contributed by atoms with Gasteiger partial charge in [0.1, 0.15) is 16.3 Å². The van der Waals surface area contributed by atoms with Gasteiger partial charge in [-0.05, 0) is 25.0 Å². The van der Waals surface area contributed by atoms with Gasteiger partial charge in [0.25, 0.3) is 0 Å². The average Bonchev–Trinajstić information content (AvgIpc) is 2.25. The van der Waals surface area contributed by atoms with E-state index >= 15 is 0 Å². The molecular formula is C12H14N2O2S. The largest absolute Gasteiger partial charge is 0.480 e. The Morgan fingerprint density at radius 1 is 1.53 bits per heavy atom. The molecule has 1 N–H and O–H groups in total. The van der Waals surface area contributed by atoms with Gasteiger partial charge < -0.3 is 5.11 Å². The number of thioether (sulfide) groups is 1. The molecular weight excluding hydrogens is 236 g/mol. The standard InChI is InChI=1S/C12H14N2O2S/c1-7(2)10(12(15)16)17-11-9(6-13)5-4-8(3)14-11/h4-5,7,10H,1-3H3,(H,15,16). The van der Waals surface area contributed by atoms with E-state index in [9.17, 15) is 4.79 Å². The lowest BCUT2D eigenvalue weighted by molar-refractivity contribution is -0.137. The first-order valence-corrected chi connectivity index (χ1v) is 6.11. The van der Waals surface area contributed by atoms with Crippen molar-refractivity contribution in [2.24, 2.45) is 5.92 Å². The minimum atomic E-state index is -0.878. The van der Waals surface area contributed by atoms with Gasteiger partial charge in [0.05, 0.1) is 5.56 Å². The zero-order chi connectivity index (χ0) is 13.0. The number of aromatic nitrogens is 1. The van der Waals surface area contributed by atoms with Crippen molar-refractivity contribution in [1.82, 2.24) is 4.98 Å². The molecule has 1 rings (SSSR count). The van der Waals surface area contributed by atoms with Crippen LogP contribution in [0, 0.1) is 24.2 Å². The first-order valence-electron chi connectivity index (χ1n) is 5.23. The van der Waals surface area contributed by atoms with E-state index in [0.29, 0.717) is 10.6 Å². The van der Waals surface area contributed by atoms with Gasteiger partial charge in [0, 0.05) is 5.69 Å². The highest BCUT2D eigenvalue weighted by Gasteiger charge is 2.24. The topological polar surface area (TPSA) is 74.0 Å². The Morgan fingerprint density at radius 2 is 2.18 bits per heavy atom. The van der Waals surface area contributed by atoms with Crippen molar-refractivity contribution >= 4 is 17.7 Å². The second kappa shape index (κ2) is 5.69. The molecule has 0 bridgehead atoms. The minimum Gasteiger partial charge on any atom is -0.480 e. The van der Waals surface area contributed by atoms with Crippen molar-refractivity contribution in [1.29, 1.82) is 5.26 Å². The summed E-state index contributed by atoms with van der Waals surface area (Å²) in [5.41, 5.74) is 1.20. The van der Waals surface area contributed by atoms with Crippen molar-refractivity contribution in [2.75, 3.05) is 0 Å². The van der Waals surface area contributed by atoms with Crippen LogP contribution >= 0.6 is 11.8 Å². The molecule has 0 fully saturated rings. The van der Waals surface area contributed by atoms with Gasteiger partial charge in [-0.2, -0.15) is 5.26 Å². The van der Waals surface area contributed by atoms with E-state index in [1.165, 1.54) is 0 Å². The fourth-order valence-electron chi connectivity index (χ4n) is 1.30. The third-order valence-corrected chi connectivity index (χ3v) is 3.74. The molecule has 0 radical (unpaired) electrons. The monoisotopic (exact) mass is 250 g/mol. The molecule has 1 aromatic rings. The molecule has 0 aliphatic heterocycles. The van der Waals surface area contributed by atoms with E-state index in [2.05, 4.69) is 4.98 Å². The molecule has 0 amide bonds. The Morgan fingerprint density at radius 3 is 2.65 bits per heavy atom. The van der Waals surface area contributed by atoms with E-state index in [4.69, 9.17) is 10.4 Å². The van der Waals surface area contributed by atoms with Gasteiger partial charge in [-0.1, -0.05) is 25.6 Å². The lowest BCUT2D eigenvalue weighted by atomic mass is 10.1. The Kier molecular flexibility index (Phi) is 4.53. The molecule has 0 saturated heterocycles. The highest BCUT2D eigenvalue weighted by Crippen LogP contribution is 2.29. The summed E-state index contributed by atoms with van der Waals surface area (Å²) in [5, 5.41) is 18.0. The number of hydrogen-bond donors (Lipinski definition) is 1. The fourth-order valence-corrected chi connectivity index (χ4v) is 2.35. The Hall–Kier alpha value is -1.54. The van der Waals surface area contributed by atoms with Crippen molar-refractivity contribution in [3.63, 3.8) is 0 Å². The van der Waals surface area contributed by atoms with Crippen molar-refractivity contribution in [2.45, 2.75) is 31.0 Å². The Bertz CT molecular complexity index is 466. The highest BCUT2D eigenvalue weighted by atomic mass is 32.2. The van der Waals surface area contributed by atoms with E-state index in [1.54, 1.807) is 12.1 Å². The molecule has 0 aliphatic carbocycles. The van der Waals surface area contributed by atoms with Crippen LogP contribution in [-0.2, 0) is 4.79 Å². The van der Waals surface area contributed by atoms with Gasteiger partial charge >= 0.3 is 5.97 Å². The van der Waals surface area contributed by atoms with E-state index in [0.717, 1.165) is 17.5 Å². The second-order valence-corrected chi connectivity index (χ2v) is 5.17. The molecule has 1 aromatic heterocycles. The summed E-state index contributed by atoms with van der Waals surface area (Å²) < 4.78 is 0. The van der Waals surface area contributed by atoms with Crippen molar-refractivity contribution in [3.8, 4) is 6.07 Å². The number of rotatable bonds is 4. The number of pyridine rings is 1. The summed E-state index contributed by atoms with van der Waals surface area (Å²) in [5.74, 6) is -0.899. The van der Waals surface area contributed by atoms with Crippen LogP contribution < -0.4 is 0 Å². The number of nitriles is 1. The molecule has 1 unspecified atom stereocenters. The molecule has 5 heteroatoms. The van der Waals surface area contributed by atoms with Gasteiger partial charge in [-0.3, -0.25) is 4.79 Å². The predicted octanol–water partition coefficient (Wildman–Crippen LogP) is 2.46. The van der Waals surface area contributed by atoms with E-state index < -0.39 is 11.2 Å². The van der Waals surface area contributed by atoms with Crippen molar-refractivity contribution < 1.29 is 9.90 Å². The molecule has 0 aromatic carbocycles. The summed E-state index contributed by atoms with van der Waals surface area (Å²) in [7, 11) is 0. The minimum absolute atomic E-state index is 0.0219. The molecule has 17 heavy (non-hydrogen) atoms. The number of carboxylic acids is 1. The first-order chi connectivity index (χ1) is 7.95. The van der Waals surface area contributed by atoms with Crippen LogP contribution in [0.15, 0.2) is 17.2 Å². The molecule has 90 valence electrons. The number of nitrogens with zero attached hydrogens (tertiary/aromatic N) is 2. The zero-order valence-electron chi connectivity index (χ0n) is 9.97. The quantitative estimate of drug-likeness (QED) is 0.831. The molecule has 0 spiro atoms. The smallest absolute Gasteiger partial charge is 0.317 e. The maximum Gasteiger partial charge on any atom is 0.317 e. The summed E-state index contributed by atoms with van der Waals surface area (Å²) >= 11 is 1.14. The van der Waals surface area contributed by atoms with Gasteiger partial charge in [-0.15, -0.1) is 0 Å². The lowest BCUT2D eigenvalue weighted by Crippen LogP contribution is -2.22. The van der Waals surface area contributed by atoms with Crippen LogP contribution in [-0.4, -0.2) is 21.3 Å². The Labute approximate surface area is 105 Å². The number of aryl methyl sites for hydroxylation is 1. The van der Waals surface area contributed by atoms with Gasteiger partial charge in [0.15, 0.2) is 0 Å².